The third-order valence-electron chi connectivity index (χ3n) is 12.5. The standard InChI is InChI=1S/C34H51NO6/c1-20(2)28-15-24-16-32(18-36)27-13-10-21(3)26(27)17-33(24,34(28,32)31(38)39)19-40-30-29(37)35-25(14-22(4)41-30)12-11-23-8-6-5-7-9-23/h8,15,18,20-22,24-27,29-30,35,37H,5-7,9-14,16-17,19H2,1-4H3,(H,38,39)/t21-,22-,24+,25?,26-,27-,29-,30-,32+,33+,34+/m1/s1. The Bertz CT molecular complexity index is 1100. The molecule has 0 aromatic rings. The van der Waals surface area contributed by atoms with Crippen LogP contribution in [0.1, 0.15) is 98.3 Å². The van der Waals surface area contributed by atoms with Crippen LogP contribution in [-0.2, 0) is 19.1 Å². The Morgan fingerprint density at radius 3 is 2.73 bits per heavy atom. The zero-order chi connectivity index (χ0) is 29.2. The first-order valence-corrected chi connectivity index (χ1v) is 16.4. The summed E-state index contributed by atoms with van der Waals surface area (Å²) in [6.45, 7) is 8.57. The average Bonchev–Trinajstić information content (AvgIpc) is 3.47. The zero-order valence-corrected chi connectivity index (χ0v) is 25.4. The minimum absolute atomic E-state index is 0.0203. The first-order valence-electron chi connectivity index (χ1n) is 16.4. The van der Waals surface area contributed by atoms with Gasteiger partial charge in [-0.3, -0.25) is 10.1 Å². The number of nitrogens with one attached hydrogen (secondary N) is 1. The molecule has 0 spiro atoms. The molecule has 4 bridgehead atoms. The summed E-state index contributed by atoms with van der Waals surface area (Å²) in [5.41, 5.74) is -0.499. The third kappa shape index (κ3) is 4.27. The SMILES string of the molecule is CC(C)C1=C[C@H]2C[C@]3(C=O)[C@@H]4CC[C@@H](C)[C@H]4C[C@@]2(CO[C@@H]2O[C@H](C)CC(CCC4=CCCCC4)N[C@@H]2O)[C@]13C(=O)O. The Labute approximate surface area is 245 Å². The molecule has 228 valence electrons. The first-order chi connectivity index (χ1) is 19.6. The summed E-state index contributed by atoms with van der Waals surface area (Å²) in [6, 6.07) is 0.120. The number of carboxylic acids is 1. The van der Waals surface area contributed by atoms with Gasteiger partial charge in [-0.15, -0.1) is 0 Å². The van der Waals surface area contributed by atoms with E-state index in [0.717, 1.165) is 50.4 Å². The molecule has 3 saturated carbocycles. The molecule has 6 aliphatic rings. The Kier molecular flexibility index (Phi) is 7.83. The van der Waals surface area contributed by atoms with E-state index in [1.165, 1.54) is 31.3 Å². The fourth-order valence-electron chi connectivity index (χ4n) is 10.8. The van der Waals surface area contributed by atoms with Crippen LogP contribution in [0.25, 0.3) is 0 Å². The lowest BCUT2D eigenvalue weighted by Crippen LogP contribution is -2.64. The van der Waals surface area contributed by atoms with E-state index >= 15 is 0 Å². The van der Waals surface area contributed by atoms with Crippen molar-refractivity contribution in [3.63, 3.8) is 0 Å². The molecule has 0 radical (unpaired) electrons. The molecule has 0 amide bonds. The molecule has 7 nitrogen and oxygen atoms in total. The molecule has 11 atom stereocenters. The zero-order valence-electron chi connectivity index (χ0n) is 25.4. The Morgan fingerprint density at radius 1 is 1.24 bits per heavy atom. The number of rotatable bonds is 9. The van der Waals surface area contributed by atoms with E-state index in [4.69, 9.17) is 9.47 Å². The fraction of sp³-hybridized carbons (Fsp3) is 0.824. The summed E-state index contributed by atoms with van der Waals surface area (Å²) in [5, 5.41) is 25.8. The molecule has 5 aliphatic carbocycles. The van der Waals surface area contributed by atoms with Gasteiger partial charge in [-0.25, -0.2) is 0 Å². The van der Waals surface area contributed by atoms with E-state index in [-0.39, 0.29) is 36.5 Å². The van der Waals surface area contributed by atoms with Gasteiger partial charge >= 0.3 is 5.97 Å². The second-order valence-corrected chi connectivity index (χ2v) is 14.8. The number of aliphatic carboxylic acids is 1. The van der Waals surface area contributed by atoms with Gasteiger partial charge in [0, 0.05) is 11.5 Å². The van der Waals surface area contributed by atoms with Crippen LogP contribution in [0.2, 0.25) is 0 Å². The molecule has 1 aliphatic heterocycles. The molecular formula is C34H51NO6. The lowest BCUT2D eigenvalue weighted by Gasteiger charge is -2.58. The number of carbonyl (C=O) groups is 2. The molecule has 7 heteroatoms. The Balaban J connectivity index is 1.26. The van der Waals surface area contributed by atoms with Gasteiger partial charge in [0.25, 0.3) is 0 Å². The van der Waals surface area contributed by atoms with Crippen LogP contribution in [0.15, 0.2) is 23.3 Å². The summed E-state index contributed by atoms with van der Waals surface area (Å²) in [5.74, 6) is -0.0519. The maximum atomic E-state index is 13.7. The second kappa shape index (κ2) is 10.9. The second-order valence-electron chi connectivity index (χ2n) is 14.8. The summed E-state index contributed by atoms with van der Waals surface area (Å²) < 4.78 is 12.8. The largest absolute Gasteiger partial charge is 0.481 e. The molecule has 0 aromatic carbocycles. The van der Waals surface area contributed by atoms with Crippen LogP contribution in [-0.4, -0.2) is 53.7 Å². The van der Waals surface area contributed by atoms with Gasteiger partial charge in [-0.2, -0.15) is 0 Å². The van der Waals surface area contributed by atoms with Crippen LogP contribution in [0.4, 0.5) is 0 Å². The lowest BCUT2D eigenvalue weighted by atomic mass is 9.43. The predicted octanol–water partition coefficient (Wildman–Crippen LogP) is 5.62. The summed E-state index contributed by atoms with van der Waals surface area (Å²) in [7, 11) is 0. The van der Waals surface area contributed by atoms with Gasteiger partial charge in [0.2, 0.25) is 0 Å². The topological polar surface area (TPSA) is 105 Å². The number of fused-ring (bicyclic) bond motifs is 2. The molecule has 41 heavy (non-hydrogen) atoms. The average molecular weight is 570 g/mol. The maximum absolute atomic E-state index is 13.7. The minimum Gasteiger partial charge on any atom is -0.481 e. The van der Waals surface area contributed by atoms with E-state index < -0.39 is 34.7 Å². The van der Waals surface area contributed by atoms with Gasteiger partial charge in [0.15, 0.2) is 12.5 Å². The van der Waals surface area contributed by atoms with Gasteiger partial charge in [-0.05, 0) is 101 Å². The van der Waals surface area contributed by atoms with Crippen molar-refractivity contribution in [3.05, 3.63) is 23.3 Å². The van der Waals surface area contributed by atoms with E-state index in [2.05, 4.69) is 38.2 Å². The normalized spacial score (nSPS) is 47.1. The van der Waals surface area contributed by atoms with Crippen LogP contribution < -0.4 is 5.32 Å². The smallest absolute Gasteiger partial charge is 0.315 e. The molecule has 1 saturated heterocycles. The third-order valence-corrected chi connectivity index (χ3v) is 12.5. The number of aldehydes is 1. The highest BCUT2D eigenvalue weighted by Crippen LogP contribution is 2.82. The molecule has 1 unspecified atom stereocenters. The number of allylic oxidation sites excluding steroid dienone is 3. The van der Waals surface area contributed by atoms with Crippen molar-refractivity contribution in [2.24, 2.45) is 45.8 Å². The molecule has 3 N–H and O–H groups in total. The number of aliphatic hydroxyl groups excluding tert-OH is 1. The maximum Gasteiger partial charge on any atom is 0.315 e. The van der Waals surface area contributed by atoms with Gasteiger partial charge in [-0.1, -0.05) is 50.5 Å². The number of carboxylic acid groups (broad SMARTS) is 1. The summed E-state index contributed by atoms with van der Waals surface area (Å²) >= 11 is 0. The van der Waals surface area contributed by atoms with Crippen molar-refractivity contribution in [1.82, 2.24) is 5.32 Å². The highest BCUT2D eigenvalue weighted by Gasteiger charge is 2.84. The number of hydrogen-bond donors (Lipinski definition) is 3. The van der Waals surface area contributed by atoms with Gasteiger partial charge in [0.05, 0.1) is 18.1 Å². The molecule has 6 rings (SSSR count). The Hall–Kier alpha value is -1.54. The minimum atomic E-state index is -1.28. The molecule has 4 fully saturated rings. The first kappa shape index (κ1) is 29.5. The quantitative estimate of drug-likeness (QED) is 0.245. The predicted molar refractivity (Wildman–Crippen MR) is 156 cm³/mol. The van der Waals surface area contributed by atoms with Crippen LogP contribution in [0.3, 0.4) is 0 Å². The highest BCUT2D eigenvalue weighted by molar-refractivity contribution is 5.90. The van der Waals surface area contributed by atoms with Crippen molar-refractivity contribution < 1.29 is 29.3 Å². The highest BCUT2D eigenvalue weighted by atomic mass is 16.7. The van der Waals surface area contributed by atoms with E-state index in [9.17, 15) is 19.8 Å². The number of hydrogen-bond acceptors (Lipinski definition) is 6. The summed E-state index contributed by atoms with van der Waals surface area (Å²) in [4.78, 5) is 26.9. The fourth-order valence-corrected chi connectivity index (χ4v) is 10.8. The van der Waals surface area contributed by atoms with Crippen molar-refractivity contribution in [2.75, 3.05) is 6.61 Å². The van der Waals surface area contributed by atoms with Crippen molar-refractivity contribution >= 4 is 12.3 Å². The van der Waals surface area contributed by atoms with Crippen molar-refractivity contribution in [3.8, 4) is 0 Å². The monoisotopic (exact) mass is 569 g/mol. The number of ether oxygens (including phenoxy) is 2. The van der Waals surface area contributed by atoms with Crippen LogP contribution in [0.5, 0.6) is 0 Å². The van der Waals surface area contributed by atoms with E-state index in [0.29, 0.717) is 18.3 Å². The van der Waals surface area contributed by atoms with E-state index in [1.807, 2.05) is 6.92 Å². The summed E-state index contributed by atoms with van der Waals surface area (Å²) in [6.07, 6.45) is 14.5. The molecule has 0 aromatic heterocycles. The van der Waals surface area contributed by atoms with Gasteiger partial charge in [0.1, 0.15) is 11.7 Å². The lowest BCUT2D eigenvalue weighted by molar-refractivity contribution is -0.240. The molecular weight excluding hydrogens is 518 g/mol. The van der Waals surface area contributed by atoms with Crippen LogP contribution >= 0.6 is 0 Å². The Morgan fingerprint density at radius 2 is 2.05 bits per heavy atom. The number of aliphatic hydroxyl groups is 1. The van der Waals surface area contributed by atoms with Crippen molar-refractivity contribution in [1.29, 1.82) is 0 Å². The van der Waals surface area contributed by atoms with Gasteiger partial charge < -0.3 is 24.5 Å². The van der Waals surface area contributed by atoms with E-state index in [1.54, 1.807) is 0 Å². The van der Waals surface area contributed by atoms with Crippen molar-refractivity contribution in [2.45, 2.75) is 123 Å². The number of carbonyl (C=O) groups excluding carboxylic acids is 1. The van der Waals surface area contributed by atoms with Crippen LogP contribution in [0, 0.1) is 45.8 Å². The molecule has 1 heterocycles.